The lowest BCUT2D eigenvalue weighted by atomic mass is 9.76. The van der Waals surface area contributed by atoms with E-state index in [9.17, 15) is 25.0 Å². The monoisotopic (exact) mass is 440 g/mol. The van der Waals surface area contributed by atoms with E-state index in [1.807, 2.05) is 6.07 Å². The van der Waals surface area contributed by atoms with Crippen molar-refractivity contribution in [2.45, 2.75) is 31.7 Å². The molecule has 2 aromatic rings. The summed E-state index contributed by atoms with van der Waals surface area (Å²) in [5, 5.41) is 24.9. The van der Waals surface area contributed by atoms with Crippen LogP contribution in [0.4, 0.5) is 11.4 Å². The molecule has 1 aliphatic carbocycles. The van der Waals surface area contributed by atoms with Crippen molar-refractivity contribution in [3.05, 3.63) is 79.9 Å². The summed E-state index contributed by atoms with van der Waals surface area (Å²) in [6.07, 6.45) is 4.02. The highest BCUT2D eigenvalue weighted by Crippen LogP contribution is 2.39. The second kappa shape index (κ2) is 10.3. The van der Waals surface area contributed by atoms with Crippen molar-refractivity contribution in [2.24, 2.45) is 11.8 Å². The van der Waals surface area contributed by atoms with E-state index in [-0.39, 0.29) is 5.56 Å². The van der Waals surface area contributed by atoms with Crippen LogP contribution in [0.5, 0.6) is 0 Å². The molecule has 0 saturated heterocycles. The molecule has 1 atom stereocenters. The van der Waals surface area contributed by atoms with Gasteiger partial charge >= 0.3 is 0 Å². The number of rotatable bonds is 8. The fourth-order valence-electron chi connectivity index (χ4n) is 4.63. The van der Waals surface area contributed by atoms with Crippen molar-refractivity contribution < 1.29 is 14.6 Å². The number of nitro groups is 2. The Labute approximate surface area is 186 Å². The number of carbonyl (C=O) groups is 1. The number of hydrogen-bond donors (Lipinski definition) is 1. The molecule has 9 nitrogen and oxygen atoms in total. The summed E-state index contributed by atoms with van der Waals surface area (Å²) >= 11 is 0. The van der Waals surface area contributed by atoms with Gasteiger partial charge in [-0.1, -0.05) is 30.3 Å². The third-order valence-corrected chi connectivity index (χ3v) is 6.17. The average Bonchev–Trinajstić information content (AvgIpc) is 2.78. The maximum absolute atomic E-state index is 12.5. The van der Waals surface area contributed by atoms with Crippen LogP contribution in [0.15, 0.2) is 48.5 Å². The zero-order valence-electron chi connectivity index (χ0n) is 18.3. The number of non-ortho nitro benzene ring substituents is 2. The summed E-state index contributed by atoms with van der Waals surface area (Å²) in [5.41, 5.74) is 0.291. The minimum absolute atomic E-state index is 0.0728. The number of nitrogens with one attached hydrogen (secondary N) is 1. The minimum atomic E-state index is -0.737. The molecule has 0 heterocycles. The number of benzene rings is 2. The SMILES string of the molecule is CN(C)C(c1ccccc1)C1CCC(CNC(=O)c2cc([N+](=O)[O-])cc([N+](=O)[O-])c2)CC1. The highest BCUT2D eigenvalue weighted by Gasteiger charge is 2.30. The quantitative estimate of drug-likeness (QED) is 0.482. The van der Waals surface area contributed by atoms with E-state index in [2.05, 4.69) is 48.6 Å². The Morgan fingerprint density at radius 1 is 1.00 bits per heavy atom. The lowest BCUT2D eigenvalue weighted by Crippen LogP contribution is -2.34. The summed E-state index contributed by atoms with van der Waals surface area (Å²) in [5.74, 6) is 0.302. The normalized spacial score (nSPS) is 19.3. The molecule has 3 rings (SSSR count). The van der Waals surface area contributed by atoms with Crippen molar-refractivity contribution in [1.82, 2.24) is 10.2 Å². The largest absolute Gasteiger partial charge is 0.352 e. The Bertz CT molecular complexity index is 939. The van der Waals surface area contributed by atoms with Crippen LogP contribution >= 0.6 is 0 Å². The fourth-order valence-corrected chi connectivity index (χ4v) is 4.63. The van der Waals surface area contributed by atoms with E-state index in [4.69, 9.17) is 0 Å². The third kappa shape index (κ3) is 5.67. The molecule has 1 fully saturated rings. The van der Waals surface area contributed by atoms with E-state index in [0.717, 1.165) is 43.9 Å². The van der Waals surface area contributed by atoms with Crippen LogP contribution in [0.1, 0.15) is 47.6 Å². The second-order valence-electron chi connectivity index (χ2n) is 8.56. The van der Waals surface area contributed by atoms with Gasteiger partial charge in [0.2, 0.25) is 0 Å². The van der Waals surface area contributed by atoms with Gasteiger partial charge in [-0.15, -0.1) is 0 Å². The first-order valence-corrected chi connectivity index (χ1v) is 10.7. The molecule has 0 radical (unpaired) electrons. The van der Waals surface area contributed by atoms with Gasteiger partial charge in [0.25, 0.3) is 17.3 Å². The first-order valence-electron chi connectivity index (χ1n) is 10.7. The van der Waals surface area contributed by atoms with Gasteiger partial charge in [-0.3, -0.25) is 25.0 Å². The Balaban J connectivity index is 1.59. The summed E-state index contributed by atoms with van der Waals surface area (Å²) in [7, 11) is 4.20. The maximum atomic E-state index is 12.5. The Morgan fingerprint density at radius 2 is 1.56 bits per heavy atom. The molecular weight excluding hydrogens is 412 g/mol. The Hall–Kier alpha value is -3.33. The third-order valence-electron chi connectivity index (χ3n) is 6.17. The van der Waals surface area contributed by atoms with Gasteiger partial charge in [-0.25, -0.2) is 0 Å². The summed E-state index contributed by atoms with van der Waals surface area (Å²) in [4.78, 5) is 35.4. The second-order valence-corrected chi connectivity index (χ2v) is 8.56. The summed E-state index contributed by atoms with van der Waals surface area (Å²) < 4.78 is 0. The minimum Gasteiger partial charge on any atom is -0.352 e. The molecule has 1 N–H and O–H groups in total. The molecule has 0 aromatic heterocycles. The number of nitrogens with zero attached hydrogens (tertiary/aromatic N) is 3. The van der Waals surface area contributed by atoms with Gasteiger partial charge in [0.15, 0.2) is 0 Å². The topological polar surface area (TPSA) is 119 Å². The molecule has 0 aliphatic heterocycles. The van der Waals surface area contributed by atoms with Crippen molar-refractivity contribution in [2.75, 3.05) is 20.6 Å². The number of amides is 1. The molecule has 2 aromatic carbocycles. The first-order chi connectivity index (χ1) is 15.3. The standard InChI is InChI=1S/C23H28N4O5/c1-25(2)22(17-6-4-3-5-7-17)18-10-8-16(9-11-18)15-24-23(28)19-12-20(26(29)30)14-21(13-19)27(31)32/h3-7,12-14,16,18,22H,8-11,15H2,1-2H3,(H,24,28). The highest BCUT2D eigenvalue weighted by atomic mass is 16.6. The van der Waals surface area contributed by atoms with E-state index in [0.29, 0.717) is 24.4 Å². The van der Waals surface area contributed by atoms with E-state index < -0.39 is 27.1 Å². The molecule has 170 valence electrons. The highest BCUT2D eigenvalue weighted by molar-refractivity contribution is 5.95. The average molecular weight is 441 g/mol. The summed E-state index contributed by atoms with van der Waals surface area (Å²) in [6, 6.07) is 13.8. The first kappa shape index (κ1) is 23.3. The lowest BCUT2D eigenvalue weighted by molar-refractivity contribution is -0.394. The molecule has 1 aliphatic rings. The van der Waals surface area contributed by atoms with Gasteiger partial charge in [0.05, 0.1) is 21.5 Å². The van der Waals surface area contributed by atoms with Crippen LogP contribution < -0.4 is 5.32 Å². The predicted octanol–water partition coefficient (Wildman–Crippen LogP) is 4.34. The fraction of sp³-hybridized carbons (Fsp3) is 0.435. The molecule has 0 bridgehead atoms. The van der Waals surface area contributed by atoms with Crippen LogP contribution in [0.25, 0.3) is 0 Å². The molecule has 1 unspecified atom stereocenters. The number of nitro benzene ring substituents is 2. The van der Waals surface area contributed by atoms with Crippen LogP contribution in [0.3, 0.4) is 0 Å². The van der Waals surface area contributed by atoms with Gasteiger partial charge < -0.3 is 10.2 Å². The van der Waals surface area contributed by atoms with Crippen LogP contribution in [-0.4, -0.2) is 41.3 Å². The number of carbonyl (C=O) groups excluding carboxylic acids is 1. The molecule has 9 heteroatoms. The molecular formula is C23H28N4O5. The molecule has 0 spiro atoms. The molecule has 1 saturated carbocycles. The van der Waals surface area contributed by atoms with Crippen molar-refractivity contribution in [3.63, 3.8) is 0 Å². The van der Waals surface area contributed by atoms with E-state index >= 15 is 0 Å². The van der Waals surface area contributed by atoms with E-state index in [1.165, 1.54) is 5.56 Å². The van der Waals surface area contributed by atoms with Crippen molar-refractivity contribution in [3.8, 4) is 0 Å². The van der Waals surface area contributed by atoms with Crippen LogP contribution in [0, 0.1) is 32.1 Å². The molecule has 1 amide bonds. The number of hydrogen-bond acceptors (Lipinski definition) is 6. The summed E-state index contributed by atoms with van der Waals surface area (Å²) in [6.45, 7) is 0.444. The zero-order chi connectivity index (χ0) is 23.3. The van der Waals surface area contributed by atoms with Gasteiger partial charge in [-0.05, 0) is 57.2 Å². The van der Waals surface area contributed by atoms with Gasteiger partial charge in [0, 0.05) is 24.7 Å². The van der Waals surface area contributed by atoms with Gasteiger partial charge in [0.1, 0.15) is 0 Å². The lowest BCUT2D eigenvalue weighted by Gasteiger charge is -2.37. The van der Waals surface area contributed by atoms with Crippen molar-refractivity contribution in [1.29, 1.82) is 0 Å². The maximum Gasteiger partial charge on any atom is 0.277 e. The molecule has 32 heavy (non-hydrogen) atoms. The zero-order valence-corrected chi connectivity index (χ0v) is 18.3. The van der Waals surface area contributed by atoms with E-state index in [1.54, 1.807) is 0 Å². The van der Waals surface area contributed by atoms with Crippen molar-refractivity contribution >= 4 is 17.3 Å². The Morgan fingerprint density at radius 3 is 2.06 bits per heavy atom. The van der Waals surface area contributed by atoms with Gasteiger partial charge in [-0.2, -0.15) is 0 Å². The van der Waals surface area contributed by atoms with Crippen LogP contribution in [0.2, 0.25) is 0 Å². The Kier molecular flexibility index (Phi) is 7.53. The smallest absolute Gasteiger partial charge is 0.277 e. The van der Waals surface area contributed by atoms with Crippen LogP contribution in [-0.2, 0) is 0 Å². The predicted molar refractivity (Wildman–Crippen MR) is 120 cm³/mol.